The molecule has 0 saturated carbocycles. The molecule has 5 nitrogen and oxygen atoms in total. The van der Waals surface area contributed by atoms with Crippen LogP contribution >= 0.6 is 0 Å². The number of halogens is 1. The Morgan fingerprint density at radius 1 is 1.25 bits per heavy atom. The van der Waals surface area contributed by atoms with Crippen LogP contribution in [0.1, 0.15) is 15.9 Å². The van der Waals surface area contributed by atoms with Crippen molar-refractivity contribution in [3.63, 3.8) is 0 Å². The van der Waals surface area contributed by atoms with E-state index in [1.807, 2.05) is 0 Å². The molecule has 0 saturated heterocycles. The van der Waals surface area contributed by atoms with Gasteiger partial charge in [0, 0.05) is 17.8 Å². The average Bonchev–Trinajstić information content (AvgIpc) is 2.56. The Hall–Kier alpha value is -2.51. The van der Waals surface area contributed by atoms with Gasteiger partial charge in [0.25, 0.3) is 5.91 Å². The molecule has 0 bridgehead atoms. The third-order valence-electron chi connectivity index (χ3n) is 3.25. The second kappa shape index (κ2) is 7.37. The van der Waals surface area contributed by atoms with Crippen molar-refractivity contribution in [2.24, 2.45) is 0 Å². The molecule has 0 aliphatic rings. The summed E-state index contributed by atoms with van der Waals surface area (Å²) in [6, 6.07) is 9.91. The van der Waals surface area contributed by atoms with Gasteiger partial charge in [-0.15, -0.1) is 6.58 Å². The molecule has 7 heteroatoms. The highest BCUT2D eigenvalue weighted by atomic mass is 32.2. The lowest BCUT2D eigenvalue weighted by Crippen LogP contribution is -2.24. The first-order valence-electron chi connectivity index (χ1n) is 7.11. The van der Waals surface area contributed by atoms with E-state index in [-0.39, 0.29) is 17.0 Å². The Morgan fingerprint density at radius 3 is 2.67 bits per heavy atom. The highest BCUT2D eigenvalue weighted by Crippen LogP contribution is 2.16. The topological polar surface area (TPSA) is 75.3 Å². The van der Waals surface area contributed by atoms with Crippen LogP contribution in [0.4, 0.5) is 10.1 Å². The number of hydrogen-bond donors (Lipinski definition) is 2. The number of rotatable bonds is 6. The van der Waals surface area contributed by atoms with Crippen molar-refractivity contribution in [1.82, 2.24) is 4.72 Å². The van der Waals surface area contributed by atoms with Gasteiger partial charge in [0.2, 0.25) is 10.0 Å². The van der Waals surface area contributed by atoms with Crippen molar-refractivity contribution in [1.29, 1.82) is 0 Å². The fraction of sp³-hybridized carbons (Fsp3) is 0.118. The predicted octanol–water partition coefficient (Wildman–Crippen LogP) is 2.85. The van der Waals surface area contributed by atoms with Gasteiger partial charge >= 0.3 is 0 Å². The Morgan fingerprint density at radius 2 is 2.00 bits per heavy atom. The molecule has 0 radical (unpaired) electrons. The summed E-state index contributed by atoms with van der Waals surface area (Å²) < 4.78 is 40.0. The lowest BCUT2D eigenvalue weighted by Gasteiger charge is -2.09. The molecule has 2 aromatic carbocycles. The second-order valence-electron chi connectivity index (χ2n) is 5.09. The van der Waals surface area contributed by atoms with Crippen LogP contribution in [0.5, 0.6) is 0 Å². The lowest BCUT2D eigenvalue weighted by molar-refractivity contribution is 0.102. The maximum Gasteiger partial charge on any atom is 0.255 e. The van der Waals surface area contributed by atoms with E-state index < -0.39 is 21.7 Å². The zero-order chi connectivity index (χ0) is 17.7. The van der Waals surface area contributed by atoms with Gasteiger partial charge in [0.15, 0.2) is 0 Å². The molecule has 0 aliphatic carbocycles. The van der Waals surface area contributed by atoms with Gasteiger partial charge < -0.3 is 5.32 Å². The lowest BCUT2D eigenvalue weighted by atomic mass is 10.2. The minimum Gasteiger partial charge on any atom is -0.322 e. The SMILES string of the molecule is C=CCNS(=O)(=O)c1cccc(C(=O)Nc2ccc(C)c(F)c2)c1. The highest BCUT2D eigenvalue weighted by molar-refractivity contribution is 7.89. The van der Waals surface area contributed by atoms with Crippen molar-refractivity contribution in [2.75, 3.05) is 11.9 Å². The fourth-order valence-corrected chi connectivity index (χ4v) is 2.97. The van der Waals surface area contributed by atoms with E-state index in [1.165, 1.54) is 36.4 Å². The summed E-state index contributed by atoms with van der Waals surface area (Å²) in [4.78, 5) is 12.2. The van der Waals surface area contributed by atoms with Crippen LogP contribution in [-0.2, 0) is 10.0 Å². The molecule has 2 N–H and O–H groups in total. The molecule has 126 valence electrons. The smallest absolute Gasteiger partial charge is 0.255 e. The van der Waals surface area contributed by atoms with Crippen LogP contribution in [0.25, 0.3) is 0 Å². The van der Waals surface area contributed by atoms with Crippen molar-refractivity contribution in [3.05, 3.63) is 72.1 Å². The summed E-state index contributed by atoms with van der Waals surface area (Å²) in [6.45, 7) is 5.14. The number of carbonyl (C=O) groups is 1. The van der Waals surface area contributed by atoms with E-state index in [1.54, 1.807) is 19.1 Å². The minimum absolute atomic E-state index is 0.0351. The minimum atomic E-state index is -3.72. The normalized spacial score (nSPS) is 11.1. The predicted molar refractivity (Wildman–Crippen MR) is 90.9 cm³/mol. The third-order valence-corrected chi connectivity index (χ3v) is 4.68. The fourth-order valence-electron chi connectivity index (χ4n) is 1.93. The van der Waals surface area contributed by atoms with Crippen molar-refractivity contribution >= 4 is 21.6 Å². The first kappa shape index (κ1) is 17.8. The number of carbonyl (C=O) groups excluding carboxylic acids is 1. The standard InChI is InChI=1S/C17H17FN2O3S/c1-3-9-19-24(22,23)15-6-4-5-13(10-15)17(21)20-14-8-7-12(2)16(18)11-14/h3-8,10-11,19H,1,9H2,2H3,(H,20,21). The van der Waals surface area contributed by atoms with E-state index >= 15 is 0 Å². The zero-order valence-corrected chi connectivity index (χ0v) is 13.9. The molecule has 2 aromatic rings. The van der Waals surface area contributed by atoms with Gasteiger partial charge in [-0.1, -0.05) is 18.2 Å². The molecule has 0 atom stereocenters. The molecule has 2 rings (SSSR count). The largest absolute Gasteiger partial charge is 0.322 e. The summed E-state index contributed by atoms with van der Waals surface area (Å²) in [5, 5.41) is 2.54. The Balaban J connectivity index is 2.22. The summed E-state index contributed by atoms with van der Waals surface area (Å²) in [5.41, 5.74) is 0.910. The van der Waals surface area contributed by atoms with Crippen molar-refractivity contribution in [2.45, 2.75) is 11.8 Å². The molecule has 0 spiro atoms. The van der Waals surface area contributed by atoms with E-state index in [4.69, 9.17) is 0 Å². The monoisotopic (exact) mass is 348 g/mol. The molecule has 0 unspecified atom stereocenters. The maximum absolute atomic E-state index is 13.5. The van der Waals surface area contributed by atoms with Gasteiger partial charge in [0.05, 0.1) is 4.90 Å². The summed E-state index contributed by atoms with van der Waals surface area (Å²) in [6.07, 6.45) is 1.42. The number of aryl methyl sites for hydroxylation is 1. The first-order valence-corrected chi connectivity index (χ1v) is 8.60. The van der Waals surface area contributed by atoms with Crippen LogP contribution in [-0.4, -0.2) is 20.9 Å². The quantitative estimate of drug-likeness (QED) is 0.788. The van der Waals surface area contributed by atoms with Crippen LogP contribution in [0.3, 0.4) is 0 Å². The van der Waals surface area contributed by atoms with E-state index in [0.29, 0.717) is 11.3 Å². The Kier molecular flexibility index (Phi) is 5.48. The van der Waals surface area contributed by atoms with E-state index in [0.717, 1.165) is 0 Å². The van der Waals surface area contributed by atoms with Crippen LogP contribution in [0.15, 0.2) is 60.0 Å². The van der Waals surface area contributed by atoms with E-state index in [9.17, 15) is 17.6 Å². The number of anilines is 1. The molecule has 0 heterocycles. The molecule has 1 amide bonds. The number of nitrogens with one attached hydrogen (secondary N) is 2. The molecule has 0 aliphatic heterocycles. The second-order valence-corrected chi connectivity index (χ2v) is 6.85. The third kappa shape index (κ3) is 4.27. The van der Waals surface area contributed by atoms with Crippen molar-refractivity contribution in [3.8, 4) is 0 Å². The molecule has 24 heavy (non-hydrogen) atoms. The van der Waals surface area contributed by atoms with Gasteiger partial charge in [-0.2, -0.15) is 0 Å². The van der Waals surface area contributed by atoms with Crippen LogP contribution in [0.2, 0.25) is 0 Å². The number of hydrogen-bond acceptors (Lipinski definition) is 3. The van der Waals surface area contributed by atoms with E-state index in [2.05, 4.69) is 16.6 Å². The number of amides is 1. The summed E-state index contributed by atoms with van der Waals surface area (Å²) in [7, 11) is -3.72. The molecular weight excluding hydrogens is 331 g/mol. The number of benzene rings is 2. The van der Waals surface area contributed by atoms with Gasteiger partial charge in [-0.05, 0) is 42.8 Å². The molecular formula is C17H17FN2O3S. The maximum atomic E-state index is 13.5. The zero-order valence-electron chi connectivity index (χ0n) is 13.0. The van der Waals surface area contributed by atoms with Crippen LogP contribution in [0, 0.1) is 12.7 Å². The highest BCUT2D eigenvalue weighted by Gasteiger charge is 2.15. The van der Waals surface area contributed by atoms with Gasteiger partial charge in [0.1, 0.15) is 5.82 Å². The summed E-state index contributed by atoms with van der Waals surface area (Å²) >= 11 is 0. The Labute approximate surface area is 140 Å². The number of sulfonamides is 1. The Bertz CT molecular complexity index is 879. The van der Waals surface area contributed by atoms with Gasteiger partial charge in [-0.25, -0.2) is 17.5 Å². The molecule has 0 aromatic heterocycles. The van der Waals surface area contributed by atoms with Crippen molar-refractivity contribution < 1.29 is 17.6 Å². The van der Waals surface area contributed by atoms with Crippen LogP contribution < -0.4 is 10.0 Å². The van der Waals surface area contributed by atoms with Gasteiger partial charge in [-0.3, -0.25) is 4.79 Å². The summed E-state index contributed by atoms with van der Waals surface area (Å²) in [5.74, 6) is -0.961. The first-order chi connectivity index (χ1) is 11.3. The molecule has 0 fully saturated rings. The average molecular weight is 348 g/mol.